The summed E-state index contributed by atoms with van der Waals surface area (Å²) >= 11 is 8.21. The van der Waals surface area contributed by atoms with Gasteiger partial charge in [-0.1, -0.05) is 56.5 Å². The maximum atomic E-state index is 6.41. The molecule has 18 heavy (non-hydrogen) atoms. The van der Waals surface area contributed by atoms with Crippen molar-refractivity contribution in [1.29, 1.82) is 0 Å². The van der Waals surface area contributed by atoms with Crippen LogP contribution in [0.4, 0.5) is 0 Å². The number of fused-ring (bicyclic) bond motifs is 1. The van der Waals surface area contributed by atoms with Crippen LogP contribution in [-0.2, 0) is 6.54 Å². The molecule has 2 rings (SSSR count). The first-order valence-electron chi connectivity index (χ1n) is 6.62. The van der Waals surface area contributed by atoms with E-state index in [1.54, 1.807) is 11.3 Å². The standard InChI is InChI=1S/C15H20ClNS/c1-3-11(4-2)9-17-10-14-15(16)12-7-5-6-8-13(12)18-14/h5-8,11,17H,3-4,9-10H2,1-2H3. The second kappa shape index (κ2) is 6.55. The Morgan fingerprint density at radius 1 is 1.22 bits per heavy atom. The molecule has 0 aliphatic rings. The fourth-order valence-electron chi connectivity index (χ4n) is 2.15. The fraction of sp³-hybridized carbons (Fsp3) is 0.467. The second-order valence-electron chi connectivity index (χ2n) is 4.65. The molecule has 0 spiro atoms. The molecule has 0 radical (unpaired) electrons. The highest BCUT2D eigenvalue weighted by molar-refractivity contribution is 7.19. The lowest BCUT2D eigenvalue weighted by molar-refractivity contribution is 0.450. The summed E-state index contributed by atoms with van der Waals surface area (Å²) < 4.78 is 1.28. The Kier molecular flexibility index (Phi) is 5.04. The van der Waals surface area contributed by atoms with E-state index in [2.05, 4.69) is 37.4 Å². The Morgan fingerprint density at radius 2 is 1.94 bits per heavy atom. The van der Waals surface area contributed by atoms with Crippen molar-refractivity contribution in [1.82, 2.24) is 5.32 Å². The predicted octanol–water partition coefficient (Wildman–Crippen LogP) is 5.08. The molecule has 2 aromatic rings. The molecule has 1 aromatic carbocycles. The van der Waals surface area contributed by atoms with Crippen LogP contribution in [0.5, 0.6) is 0 Å². The summed E-state index contributed by atoms with van der Waals surface area (Å²) in [6, 6.07) is 8.34. The molecule has 0 aliphatic carbocycles. The quantitative estimate of drug-likeness (QED) is 0.778. The van der Waals surface area contributed by atoms with E-state index in [1.165, 1.54) is 27.8 Å². The van der Waals surface area contributed by atoms with Crippen LogP contribution in [0.2, 0.25) is 5.02 Å². The monoisotopic (exact) mass is 281 g/mol. The Bertz CT molecular complexity index is 502. The van der Waals surface area contributed by atoms with E-state index in [0.29, 0.717) is 0 Å². The van der Waals surface area contributed by atoms with E-state index in [-0.39, 0.29) is 0 Å². The van der Waals surface area contributed by atoms with E-state index in [1.807, 2.05) is 6.07 Å². The summed E-state index contributed by atoms with van der Waals surface area (Å²) in [5, 5.41) is 5.64. The van der Waals surface area contributed by atoms with E-state index in [9.17, 15) is 0 Å². The molecule has 1 aromatic heterocycles. The third-order valence-electron chi connectivity index (χ3n) is 3.47. The molecule has 1 heterocycles. The van der Waals surface area contributed by atoms with Gasteiger partial charge < -0.3 is 5.32 Å². The Labute approximate surface area is 118 Å². The zero-order valence-corrected chi connectivity index (χ0v) is 12.6. The molecule has 0 unspecified atom stereocenters. The van der Waals surface area contributed by atoms with Crippen LogP contribution in [0.1, 0.15) is 31.6 Å². The largest absolute Gasteiger partial charge is 0.312 e. The summed E-state index contributed by atoms with van der Waals surface area (Å²) in [7, 11) is 0. The number of rotatable bonds is 6. The molecular formula is C15H20ClNS. The third kappa shape index (κ3) is 3.05. The van der Waals surface area contributed by atoms with Gasteiger partial charge in [-0.15, -0.1) is 11.3 Å². The maximum Gasteiger partial charge on any atom is 0.0636 e. The zero-order valence-electron chi connectivity index (χ0n) is 11.0. The lowest BCUT2D eigenvalue weighted by Gasteiger charge is -2.12. The van der Waals surface area contributed by atoms with E-state index >= 15 is 0 Å². The minimum absolute atomic E-state index is 0.776. The van der Waals surface area contributed by atoms with Gasteiger partial charge in [0.15, 0.2) is 0 Å². The smallest absolute Gasteiger partial charge is 0.0636 e. The van der Waals surface area contributed by atoms with Gasteiger partial charge in [0.2, 0.25) is 0 Å². The Balaban J connectivity index is 2.01. The Morgan fingerprint density at radius 3 is 2.61 bits per heavy atom. The summed E-state index contributed by atoms with van der Waals surface area (Å²) in [6.07, 6.45) is 2.48. The maximum absolute atomic E-state index is 6.41. The number of hydrogen-bond donors (Lipinski definition) is 1. The summed E-state index contributed by atoms with van der Waals surface area (Å²) in [6.45, 7) is 6.47. The average molecular weight is 282 g/mol. The van der Waals surface area contributed by atoms with Crippen molar-refractivity contribution in [2.45, 2.75) is 33.2 Å². The molecule has 0 bridgehead atoms. The van der Waals surface area contributed by atoms with Crippen LogP contribution in [0, 0.1) is 5.92 Å². The first-order valence-corrected chi connectivity index (χ1v) is 7.82. The molecule has 0 amide bonds. The number of thiophene rings is 1. The lowest BCUT2D eigenvalue weighted by Crippen LogP contribution is -2.21. The number of nitrogens with one attached hydrogen (secondary N) is 1. The van der Waals surface area contributed by atoms with Crippen LogP contribution >= 0.6 is 22.9 Å². The normalized spacial score (nSPS) is 11.6. The minimum Gasteiger partial charge on any atom is -0.312 e. The van der Waals surface area contributed by atoms with Crippen molar-refractivity contribution in [3.8, 4) is 0 Å². The van der Waals surface area contributed by atoms with E-state index < -0.39 is 0 Å². The molecule has 0 aliphatic heterocycles. The minimum atomic E-state index is 0.776. The van der Waals surface area contributed by atoms with E-state index in [0.717, 1.165) is 24.0 Å². The predicted molar refractivity (Wildman–Crippen MR) is 82.6 cm³/mol. The molecule has 0 saturated heterocycles. The first kappa shape index (κ1) is 13.9. The van der Waals surface area contributed by atoms with Gasteiger partial charge in [0.05, 0.1) is 5.02 Å². The lowest BCUT2D eigenvalue weighted by atomic mass is 10.0. The molecule has 0 atom stereocenters. The van der Waals surface area contributed by atoms with Crippen molar-refractivity contribution in [2.75, 3.05) is 6.54 Å². The number of halogens is 1. The van der Waals surface area contributed by atoms with Crippen LogP contribution in [0.25, 0.3) is 10.1 Å². The summed E-state index contributed by atoms with van der Waals surface area (Å²) in [4.78, 5) is 1.25. The van der Waals surface area contributed by atoms with Gasteiger partial charge in [-0.3, -0.25) is 0 Å². The van der Waals surface area contributed by atoms with Gasteiger partial charge in [0, 0.05) is 21.5 Å². The highest BCUT2D eigenvalue weighted by Crippen LogP contribution is 2.34. The molecule has 1 N–H and O–H groups in total. The first-order chi connectivity index (χ1) is 8.76. The highest BCUT2D eigenvalue weighted by Gasteiger charge is 2.10. The van der Waals surface area contributed by atoms with Crippen molar-refractivity contribution >= 4 is 33.0 Å². The van der Waals surface area contributed by atoms with Crippen molar-refractivity contribution in [3.05, 3.63) is 34.2 Å². The van der Waals surface area contributed by atoms with Crippen LogP contribution in [0.15, 0.2) is 24.3 Å². The van der Waals surface area contributed by atoms with Crippen LogP contribution < -0.4 is 5.32 Å². The molecule has 0 fully saturated rings. The van der Waals surface area contributed by atoms with Gasteiger partial charge in [-0.2, -0.15) is 0 Å². The van der Waals surface area contributed by atoms with Gasteiger partial charge in [0.1, 0.15) is 0 Å². The van der Waals surface area contributed by atoms with Crippen molar-refractivity contribution in [2.24, 2.45) is 5.92 Å². The van der Waals surface area contributed by atoms with Gasteiger partial charge in [0.25, 0.3) is 0 Å². The molecule has 1 nitrogen and oxygen atoms in total. The number of hydrogen-bond acceptors (Lipinski definition) is 2. The van der Waals surface area contributed by atoms with Crippen LogP contribution in [-0.4, -0.2) is 6.54 Å². The fourth-order valence-corrected chi connectivity index (χ4v) is 3.61. The molecule has 98 valence electrons. The van der Waals surface area contributed by atoms with Crippen molar-refractivity contribution < 1.29 is 0 Å². The summed E-state index contributed by atoms with van der Waals surface area (Å²) in [5.41, 5.74) is 0. The third-order valence-corrected chi connectivity index (χ3v) is 5.19. The average Bonchev–Trinajstić information content (AvgIpc) is 2.72. The van der Waals surface area contributed by atoms with Crippen molar-refractivity contribution in [3.63, 3.8) is 0 Å². The number of benzene rings is 1. The Hall–Kier alpha value is -0.570. The summed E-state index contributed by atoms with van der Waals surface area (Å²) in [5.74, 6) is 0.776. The van der Waals surface area contributed by atoms with Gasteiger partial charge in [-0.05, 0) is 18.5 Å². The zero-order chi connectivity index (χ0) is 13.0. The molecule has 0 saturated carbocycles. The van der Waals surface area contributed by atoms with Crippen LogP contribution in [0.3, 0.4) is 0 Å². The van der Waals surface area contributed by atoms with Gasteiger partial charge >= 0.3 is 0 Å². The topological polar surface area (TPSA) is 12.0 Å². The van der Waals surface area contributed by atoms with E-state index in [4.69, 9.17) is 11.6 Å². The highest BCUT2D eigenvalue weighted by atomic mass is 35.5. The SMILES string of the molecule is CCC(CC)CNCc1sc2ccccc2c1Cl. The second-order valence-corrected chi connectivity index (χ2v) is 6.16. The molecule has 3 heteroatoms. The molecular weight excluding hydrogens is 262 g/mol. The van der Waals surface area contributed by atoms with Gasteiger partial charge in [-0.25, -0.2) is 0 Å².